The van der Waals surface area contributed by atoms with Crippen molar-refractivity contribution in [3.05, 3.63) is 172 Å². The highest BCUT2D eigenvalue weighted by Gasteiger charge is 2.28. The average Bonchev–Trinajstić information content (AvgIpc) is 3.15. The third-order valence-corrected chi connectivity index (χ3v) is 10.1. The SMILES string of the molecule is CCCC(C)(C)c1ccc(C(=O)c2ccc(Oc3cccc4c(OC(C)(CC)c5ccc(C(=O)c6ccc(C)cc6)cc5)cccc34)cc2)cc1. The quantitative estimate of drug-likeness (QED) is 0.114. The summed E-state index contributed by atoms with van der Waals surface area (Å²) in [6, 6.07) is 42.6. The fraction of sp³-hybridized carbons (Fsp3) is 0.234. The van der Waals surface area contributed by atoms with Crippen molar-refractivity contribution in [1.82, 2.24) is 0 Å². The van der Waals surface area contributed by atoms with E-state index in [4.69, 9.17) is 9.47 Å². The van der Waals surface area contributed by atoms with Gasteiger partial charge < -0.3 is 9.47 Å². The van der Waals surface area contributed by atoms with Crippen molar-refractivity contribution in [2.24, 2.45) is 0 Å². The fourth-order valence-corrected chi connectivity index (χ4v) is 6.66. The minimum atomic E-state index is -0.634. The predicted octanol–water partition coefficient (Wildman–Crippen LogP) is 12.2. The zero-order valence-corrected chi connectivity index (χ0v) is 30.5. The number of hydrogen-bond donors (Lipinski definition) is 0. The van der Waals surface area contributed by atoms with Gasteiger partial charge in [-0.15, -0.1) is 0 Å². The lowest BCUT2D eigenvalue weighted by molar-refractivity contribution is 0.0844. The number of ketones is 2. The summed E-state index contributed by atoms with van der Waals surface area (Å²) in [4.78, 5) is 26.4. The number of aryl methyl sites for hydroxylation is 1. The van der Waals surface area contributed by atoms with E-state index in [9.17, 15) is 9.59 Å². The first-order valence-electron chi connectivity index (χ1n) is 17.9. The Morgan fingerprint density at radius 2 is 1.00 bits per heavy atom. The molecule has 4 nitrogen and oxygen atoms in total. The van der Waals surface area contributed by atoms with Crippen molar-refractivity contribution in [3.63, 3.8) is 0 Å². The molecule has 51 heavy (non-hydrogen) atoms. The van der Waals surface area contributed by atoms with Gasteiger partial charge >= 0.3 is 0 Å². The number of carbonyl (C=O) groups excluding carboxylic acids is 2. The summed E-state index contributed by atoms with van der Waals surface area (Å²) >= 11 is 0. The highest BCUT2D eigenvalue weighted by atomic mass is 16.5. The molecule has 6 aromatic rings. The van der Waals surface area contributed by atoms with Gasteiger partial charge in [0.1, 0.15) is 22.8 Å². The Balaban J connectivity index is 1.18. The van der Waals surface area contributed by atoms with Gasteiger partial charge in [0.05, 0.1) is 0 Å². The molecule has 258 valence electrons. The van der Waals surface area contributed by atoms with Crippen LogP contribution in [0.2, 0.25) is 0 Å². The molecule has 0 fully saturated rings. The van der Waals surface area contributed by atoms with E-state index in [2.05, 4.69) is 46.8 Å². The molecule has 4 heteroatoms. The highest BCUT2D eigenvalue weighted by Crippen LogP contribution is 2.39. The molecule has 6 aromatic carbocycles. The molecular weight excluding hydrogens is 629 g/mol. The third-order valence-electron chi connectivity index (χ3n) is 10.1. The van der Waals surface area contributed by atoms with Crippen LogP contribution in [0.3, 0.4) is 0 Å². The molecule has 0 N–H and O–H groups in total. The van der Waals surface area contributed by atoms with Crippen LogP contribution in [0.1, 0.15) is 102 Å². The lowest BCUT2D eigenvalue weighted by Crippen LogP contribution is -2.28. The third kappa shape index (κ3) is 7.66. The summed E-state index contributed by atoms with van der Waals surface area (Å²) in [5.74, 6) is 2.06. The molecule has 1 unspecified atom stereocenters. The van der Waals surface area contributed by atoms with Gasteiger partial charge in [0.2, 0.25) is 0 Å². The summed E-state index contributed by atoms with van der Waals surface area (Å²) in [6.45, 7) is 12.9. The molecule has 0 aromatic heterocycles. The molecule has 0 heterocycles. The number of fused-ring (bicyclic) bond motifs is 1. The first kappa shape index (κ1) is 35.3. The normalized spacial score (nSPS) is 12.7. The van der Waals surface area contributed by atoms with Crippen LogP contribution in [0.4, 0.5) is 0 Å². The second-order valence-electron chi connectivity index (χ2n) is 14.2. The Hall–Kier alpha value is -5.48. The van der Waals surface area contributed by atoms with E-state index in [1.165, 1.54) is 5.56 Å². The van der Waals surface area contributed by atoms with Crippen LogP contribution < -0.4 is 9.47 Å². The number of rotatable bonds is 13. The predicted molar refractivity (Wildman–Crippen MR) is 208 cm³/mol. The summed E-state index contributed by atoms with van der Waals surface area (Å²) in [6.07, 6.45) is 2.93. The molecule has 0 spiro atoms. The summed E-state index contributed by atoms with van der Waals surface area (Å²) < 4.78 is 13.2. The molecular formula is C47H46O4. The van der Waals surface area contributed by atoms with E-state index in [0.717, 1.165) is 46.9 Å². The van der Waals surface area contributed by atoms with Gasteiger partial charge in [-0.25, -0.2) is 0 Å². The zero-order chi connectivity index (χ0) is 36.2. The van der Waals surface area contributed by atoms with E-state index in [0.29, 0.717) is 33.8 Å². The van der Waals surface area contributed by atoms with E-state index >= 15 is 0 Å². The summed E-state index contributed by atoms with van der Waals surface area (Å²) in [7, 11) is 0. The van der Waals surface area contributed by atoms with E-state index in [-0.39, 0.29) is 17.0 Å². The van der Waals surface area contributed by atoms with Gasteiger partial charge in [-0.2, -0.15) is 0 Å². The topological polar surface area (TPSA) is 52.6 Å². The first-order valence-corrected chi connectivity index (χ1v) is 17.9. The van der Waals surface area contributed by atoms with Crippen molar-refractivity contribution in [2.45, 2.75) is 71.8 Å². The molecule has 0 bridgehead atoms. The lowest BCUT2D eigenvalue weighted by atomic mass is 9.80. The second-order valence-corrected chi connectivity index (χ2v) is 14.2. The molecule has 1 atom stereocenters. The van der Waals surface area contributed by atoms with E-state index < -0.39 is 5.60 Å². The maximum atomic E-state index is 13.3. The first-order chi connectivity index (χ1) is 24.5. The van der Waals surface area contributed by atoms with E-state index in [1.54, 1.807) is 0 Å². The smallest absolute Gasteiger partial charge is 0.193 e. The van der Waals surface area contributed by atoms with Gasteiger partial charge in [0.25, 0.3) is 0 Å². The van der Waals surface area contributed by atoms with Crippen LogP contribution in [-0.2, 0) is 11.0 Å². The molecule has 0 aliphatic heterocycles. The van der Waals surface area contributed by atoms with E-state index in [1.807, 2.05) is 128 Å². The Labute approximate surface area is 302 Å². The van der Waals surface area contributed by atoms with Crippen LogP contribution in [0, 0.1) is 6.92 Å². The van der Waals surface area contributed by atoms with Crippen LogP contribution in [0.15, 0.2) is 133 Å². The van der Waals surface area contributed by atoms with Crippen molar-refractivity contribution < 1.29 is 19.1 Å². The minimum Gasteiger partial charge on any atom is -0.482 e. The molecule has 0 aliphatic rings. The van der Waals surface area contributed by atoms with Crippen molar-refractivity contribution in [3.8, 4) is 17.2 Å². The van der Waals surface area contributed by atoms with Crippen LogP contribution in [0.5, 0.6) is 17.2 Å². The average molecular weight is 675 g/mol. The Bertz CT molecular complexity index is 2140. The largest absolute Gasteiger partial charge is 0.482 e. The van der Waals surface area contributed by atoms with Gasteiger partial charge in [-0.3, -0.25) is 9.59 Å². The number of hydrogen-bond acceptors (Lipinski definition) is 4. The van der Waals surface area contributed by atoms with Gasteiger partial charge in [-0.05, 0) is 79.6 Å². The lowest BCUT2D eigenvalue weighted by Gasteiger charge is -2.31. The zero-order valence-electron chi connectivity index (χ0n) is 30.5. The number of ether oxygens (including phenoxy) is 2. The fourth-order valence-electron chi connectivity index (χ4n) is 6.66. The second kappa shape index (κ2) is 14.8. The summed E-state index contributed by atoms with van der Waals surface area (Å²) in [5, 5.41) is 1.84. The van der Waals surface area contributed by atoms with Crippen LogP contribution in [0.25, 0.3) is 10.8 Å². The van der Waals surface area contributed by atoms with Crippen molar-refractivity contribution >= 4 is 22.3 Å². The molecule has 0 radical (unpaired) electrons. The van der Waals surface area contributed by atoms with Gasteiger partial charge in [0, 0.05) is 33.0 Å². The minimum absolute atomic E-state index is 0.000137. The molecule has 0 amide bonds. The maximum Gasteiger partial charge on any atom is 0.193 e. The Morgan fingerprint density at radius 3 is 1.51 bits per heavy atom. The van der Waals surface area contributed by atoms with Crippen molar-refractivity contribution in [1.29, 1.82) is 0 Å². The van der Waals surface area contributed by atoms with Crippen LogP contribution in [-0.4, -0.2) is 11.6 Å². The Morgan fingerprint density at radius 1 is 0.549 bits per heavy atom. The molecule has 0 saturated heterocycles. The summed E-state index contributed by atoms with van der Waals surface area (Å²) in [5.41, 5.74) is 5.40. The van der Waals surface area contributed by atoms with Crippen molar-refractivity contribution in [2.75, 3.05) is 0 Å². The number of benzene rings is 6. The molecule has 0 saturated carbocycles. The molecule has 0 aliphatic carbocycles. The highest BCUT2D eigenvalue weighted by molar-refractivity contribution is 6.09. The van der Waals surface area contributed by atoms with Gasteiger partial charge in [-0.1, -0.05) is 137 Å². The monoisotopic (exact) mass is 674 g/mol. The van der Waals surface area contributed by atoms with Gasteiger partial charge in [0.15, 0.2) is 11.6 Å². The standard InChI is InChI=1S/C47H46O4/c1-7-31-46(4,5)37-25-19-34(20-26-37)45(49)36-23-29-39(30-24-36)50-42-13-9-12-41-40(42)11-10-14-43(41)51-47(6,8-2)38-27-21-35(22-28-38)44(48)33-17-15-32(3)16-18-33/h9-30H,7-8,31H2,1-6H3. The number of carbonyl (C=O) groups is 2. The van der Waals surface area contributed by atoms with Crippen LogP contribution >= 0.6 is 0 Å². The molecule has 6 rings (SSSR count). The maximum absolute atomic E-state index is 13.3. The Kier molecular flexibility index (Phi) is 10.2.